The number of aliphatic hydroxyl groups excluding tert-OH is 1. The number of Topliss-reactive ketones (excluding diaryl/α,β-unsaturated/α-hetero) is 1. The quantitative estimate of drug-likeness (QED) is 0.116. The number of benzene rings is 3. The molecule has 4 rings (SSSR count). The molecule has 6 N–H and O–H groups in total. The third-order valence-electron chi connectivity index (χ3n) is 8.76. The first-order chi connectivity index (χ1) is 24.4. The van der Waals surface area contributed by atoms with Crippen LogP contribution in [0.4, 0.5) is 0 Å². The van der Waals surface area contributed by atoms with Crippen LogP contribution in [0.25, 0.3) is 6.08 Å². The summed E-state index contributed by atoms with van der Waals surface area (Å²) in [6, 6.07) is 8.20. The van der Waals surface area contributed by atoms with Crippen LogP contribution in [0.15, 0.2) is 42.5 Å². The van der Waals surface area contributed by atoms with Crippen molar-refractivity contribution in [2.45, 2.75) is 70.0 Å². The second-order valence-corrected chi connectivity index (χ2v) is 12.3. The number of nitrogens with one attached hydrogen (secondary N) is 1. The van der Waals surface area contributed by atoms with Gasteiger partial charge in [0.25, 0.3) is 0 Å². The summed E-state index contributed by atoms with van der Waals surface area (Å²) in [5.74, 6) is -3.55. The zero-order valence-corrected chi connectivity index (χ0v) is 29.1. The molecule has 1 amide bonds. The van der Waals surface area contributed by atoms with E-state index in [0.29, 0.717) is 44.1 Å². The van der Waals surface area contributed by atoms with Gasteiger partial charge in [-0.05, 0) is 79.6 Å². The van der Waals surface area contributed by atoms with Crippen molar-refractivity contribution in [3.05, 3.63) is 70.3 Å². The number of carbonyl (C=O) groups is 3. The first kappa shape index (κ1) is 38.4. The molecule has 0 saturated heterocycles. The number of methoxy groups -OCH3 is 3. The Morgan fingerprint density at radius 3 is 2.24 bits per heavy atom. The minimum atomic E-state index is -1.25. The van der Waals surface area contributed by atoms with Gasteiger partial charge >= 0.3 is 5.97 Å². The van der Waals surface area contributed by atoms with Crippen LogP contribution in [0.3, 0.4) is 0 Å². The Balaban J connectivity index is 1.80. The van der Waals surface area contributed by atoms with E-state index >= 15 is 0 Å². The van der Waals surface area contributed by atoms with Crippen molar-refractivity contribution in [2.24, 2.45) is 0 Å². The number of aliphatic hydroxyl groups is 1. The van der Waals surface area contributed by atoms with Crippen molar-refractivity contribution >= 4 is 23.7 Å². The van der Waals surface area contributed by atoms with Crippen LogP contribution in [0.5, 0.6) is 40.2 Å². The molecule has 0 aliphatic carbocycles. The molecule has 1 aliphatic heterocycles. The molecular formula is C38H45NO12. The number of hydrogen-bond donors (Lipinski definition) is 6. The van der Waals surface area contributed by atoms with Crippen molar-refractivity contribution in [1.29, 1.82) is 0 Å². The van der Waals surface area contributed by atoms with Gasteiger partial charge in [0.15, 0.2) is 23.0 Å². The molecule has 0 saturated carbocycles. The highest BCUT2D eigenvalue weighted by atomic mass is 16.5. The summed E-state index contributed by atoms with van der Waals surface area (Å²) in [6.45, 7) is 1.41. The predicted octanol–water partition coefficient (Wildman–Crippen LogP) is 5.39. The largest absolute Gasteiger partial charge is 0.507 e. The number of phenolic OH excluding ortho intramolecular Hbond substituents is 4. The number of hydrogen-bond acceptors (Lipinski definition) is 12. The van der Waals surface area contributed by atoms with E-state index in [1.54, 1.807) is 31.2 Å². The monoisotopic (exact) mass is 707 g/mol. The SMILES string of the molecule is COc1cc(C(CC(=O)NCC(O)c2ccc(O)c(O)c2)c2c(O)cc3c(c2O)C(=O)OC(C)CCCC(=O)CCCC=C3)cc(OC)c1OC. The topological polar surface area (TPSA) is 201 Å². The number of aromatic hydroxyl groups is 4. The Hall–Kier alpha value is -5.43. The van der Waals surface area contributed by atoms with Gasteiger partial charge in [0.05, 0.1) is 33.5 Å². The van der Waals surface area contributed by atoms with Crippen LogP contribution in [0, 0.1) is 0 Å². The first-order valence-electron chi connectivity index (χ1n) is 16.6. The third-order valence-corrected chi connectivity index (χ3v) is 8.76. The van der Waals surface area contributed by atoms with E-state index in [9.17, 15) is 39.9 Å². The number of allylic oxidation sites excluding steroid dienone is 1. The molecule has 51 heavy (non-hydrogen) atoms. The highest BCUT2D eigenvalue weighted by Gasteiger charge is 2.32. The van der Waals surface area contributed by atoms with Gasteiger partial charge in [-0.1, -0.05) is 18.2 Å². The van der Waals surface area contributed by atoms with Crippen molar-refractivity contribution in [2.75, 3.05) is 27.9 Å². The zero-order chi connectivity index (χ0) is 37.2. The van der Waals surface area contributed by atoms with Gasteiger partial charge in [0.2, 0.25) is 11.7 Å². The van der Waals surface area contributed by atoms with Gasteiger partial charge in [-0.25, -0.2) is 4.79 Å². The normalized spacial score (nSPS) is 16.6. The number of carbonyl (C=O) groups excluding carboxylic acids is 3. The minimum Gasteiger partial charge on any atom is -0.507 e. The van der Waals surface area contributed by atoms with E-state index < -0.39 is 53.7 Å². The summed E-state index contributed by atoms with van der Waals surface area (Å²) in [5.41, 5.74) is 0.409. The number of ether oxygens (including phenoxy) is 4. The summed E-state index contributed by atoms with van der Waals surface area (Å²) in [5, 5.41) is 56.2. The van der Waals surface area contributed by atoms with Gasteiger partial charge in [-0.2, -0.15) is 0 Å². The molecule has 274 valence electrons. The van der Waals surface area contributed by atoms with E-state index in [0.717, 1.165) is 0 Å². The molecule has 3 unspecified atom stereocenters. The number of esters is 1. The third kappa shape index (κ3) is 9.43. The second kappa shape index (κ2) is 17.5. The van der Waals surface area contributed by atoms with E-state index in [4.69, 9.17) is 18.9 Å². The summed E-state index contributed by atoms with van der Waals surface area (Å²) in [4.78, 5) is 39.5. The van der Waals surface area contributed by atoms with E-state index in [1.807, 2.05) is 0 Å². The number of cyclic esters (lactones) is 1. The Bertz CT molecular complexity index is 1740. The Morgan fingerprint density at radius 1 is 0.902 bits per heavy atom. The molecule has 0 radical (unpaired) electrons. The lowest BCUT2D eigenvalue weighted by Crippen LogP contribution is -2.30. The highest BCUT2D eigenvalue weighted by Crippen LogP contribution is 2.47. The Morgan fingerprint density at radius 2 is 1.59 bits per heavy atom. The molecule has 13 nitrogen and oxygen atoms in total. The minimum absolute atomic E-state index is 0.135. The van der Waals surface area contributed by atoms with Gasteiger partial charge in [-0.3, -0.25) is 9.59 Å². The smallest absolute Gasteiger partial charge is 0.342 e. The fraction of sp³-hybridized carbons (Fsp3) is 0.395. The van der Waals surface area contributed by atoms with Crippen LogP contribution >= 0.6 is 0 Å². The maximum atomic E-state index is 13.7. The lowest BCUT2D eigenvalue weighted by molar-refractivity contribution is -0.122. The fourth-order valence-corrected chi connectivity index (χ4v) is 6.04. The molecule has 13 heteroatoms. The number of amides is 1. The molecule has 0 fully saturated rings. The first-order valence-corrected chi connectivity index (χ1v) is 16.6. The Kier molecular flexibility index (Phi) is 13.2. The molecule has 3 aromatic carbocycles. The van der Waals surface area contributed by atoms with E-state index in [2.05, 4.69) is 5.32 Å². The van der Waals surface area contributed by atoms with Crippen LogP contribution in [0.1, 0.15) is 96.5 Å². The highest BCUT2D eigenvalue weighted by molar-refractivity contribution is 5.98. The number of fused-ring (bicyclic) bond motifs is 1. The van der Waals surface area contributed by atoms with Gasteiger partial charge in [-0.15, -0.1) is 0 Å². The molecule has 0 bridgehead atoms. The summed E-state index contributed by atoms with van der Waals surface area (Å²) >= 11 is 0. The lowest BCUT2D eigenvalue weighted by atomic mass is 9.84. The number of rotatable bonds is 10. The van der Waals surface area contributed by atoms with Crippen molar-refractivity contribution < 1.29 is 58.9 Å². The van der Waals surface area contributed by atoms with E-state index in [-0.39, 0.29) is 57.6 Å². The number of phenols is 4. The second-order valence-electron chi connectivity index (χ2n) is 12.3. The summed E-state index contributed by atoms with van der Waals surface area (Å²) < 4.78 is 22.2. The summed E-state index contributed by atoms with van der Waals surface area (Å²) in [6.07, 6.45) is 3.94. The standard InChI is InChI=1S/C38H45NO12/c1-21-9-8-12-25(40)11-7-5-6-10-23-16-29(43)35(36(46)34(23)38(47)51-21)26(24-17-31(48-2)37(50-4)32(18-24)49-3)19-33(45)39-20-30(44)22-13-14-27(41)28(42)15-22/h6,10,13-18,21,26,30,41-44,46H,5,7-9,11-12,19-20H2,1-4H3,(H,39,45). The van der Waals surface area contributed by atoms with Crippen molar-refractivity contribution in [3.8, 4) is 40.2 Å². The molecule has 3 aromatic rings. The summed E-state index contributed by atoms with van der Waals surface area (Å²) in [7, 11) is 4.24. The molecule has 1 aliphatic rings. The molecule has 3 atom stereocenters. The van der Waals surface area contributed by atoms with Gasteiger partial charge < -0.3 is 49.8 Å². The maximum Gasteiger partial charge on any atom is 0.342 e. The zero-order valence-electron chi connectivity index (χ0n) is 29.1. The van der Waals surface area contributed by atoms with Crippen LogP contribution in [-0.4, -0.2) is 77.2 Å². The van der Waals surface area contributed by atoms with Crippen LogP contribution in [0.2, 0.25) is 0 Å². The Labute approximate surface area is 296 Å². The van der Waals surface area contributed by atoms with Crippen molar-refractivity contribution in [1.82, 2.24) is 5.32 Å². The van der Waals surface area contributed by atoms with E-state index in [1.165, 1.54) is 45.6 Å². The molecular weight excluding hydrogens is 662 g/mol. The van der Waals surface area contributed by atoms with Gasteiger partial charge in [0, 0.05) is 37.3 Å². The van der Waals surface area contributed by atoms with Gasteiger partial charge in [0.1, 0.15) is 22.8 Å². The lowest BCUT2D eigenvalue weighted by Gasteiger charge is -2.24. The average Bonchev–Trinajstić information content (AvgIpc) is 3.09. The average molecular weight is 708 g/mol. The van der Waals surface area contributed by atoms with Crippen molar-refractivity contribution in [3.63, 3.8) is 0 Å². The predicted molar refractivity (Wildman–Crippen MR) is 187 cm³/mol. The van der Waals surface area contributed by atoms with Crippen LogP contribution in [-0.2, 0) is 14.3 Å². The van der Waals surface area contributed by atoms with Crippen LogP contribution < -0.4 is 19.5 Å². The molecule has 0 aromatic heterocycles. The molecule has 0 spiro atoms. The molecule has 1 heterocycles. The maximum absolute atomic E-state index is 13.7. The fourth-order valence-electron chi connectivity index (χ4n) is 6.04. The number of ketones is 1.